The highest BCUT2D eigenvalue weighted by atomic mass is 16.5. The third-order valence-corrected chi connectivity index (χ3v) is 5.26. The average molecular weight is 433 g/mol. The quantitative estimate of drug-likeness (QED) is 0.410. The van der Waals surface area contributed by atoms with Gasteiger partial charge in [-0.1, -0.05) is 13.8 Å². The van der Waals surface area contributed by atoms with Crippen molar-refractivity contribution in [1.29, 1.82) is 0 Å². The van der Waals surface area contributed by atoms with Crippen molar-refractivity contribution in [3.63, 3.8) is 0 Å². The van der Waals surface area contributed by atoms with Crippen LogP contribution in [0.4, 0.5) is 5.69 Å². The number of rotatable bonds is 8. The lowest BCUT2D eigenvalue weighted by Crippen LogP contribution is -2.09. The number of aromatic amines is 1. The number of pyridine rings is 3. The molecule has 0 saturated carbocycles. The summed E-state index contributed by atoms with van der Waals surface area (Å²) in [5, 5.41) is 11.2. The first-order valence-corrected chi connectivity index (χ1v) is 10.7. The maximum Gasteiger partial charge on any atom is 0.222 e. The lowest BCUT2D eigenvalue weighted by atomic mass is 9.94. The molecule has 0 atom stereocenters. The monoisotopic (exact) mass is 432 g/mol. The Morgan fingerprint density at radius 3 is 2.66 bits per heavy atom. The number of nitrogens with zero attached hydrogens (tertiary/aromatic N) is 4. The molecule has 4 heterocycles. The summed E-state index contributed by atoms with van der Waals surface area (Å²) in [4.78, 5) is 14.0. The number of hydrogen-bond acceptors (Lipinski definition) is 7. The van der Waals surface area contributed by atoms with Crippen molar-refractivity contribution in [2.24, 2.45) is 0 Å². The van der Waals surface area contributed by atoms with Gasteiger partial charge in [0.05, 0.1) is 54.8 Å². The zero-order valence-corrected chi connectivity index (χ0v) is 19.1. The van der Waals surface area contributed by atoms with Gasteiger partial charge in [-0.3, -0.25) is 10.1 Å². The molecule has 32 heavy (non-hydrogen) atoms. The van der Waals surface area contributed by atoms with Crippen LogP contribution in [-0.2, 0) is 6.54 Å². The smallest absolute Gasteiger partial charge is 0.222 e. The Morgan fingerprint density at radius 1 is 1.12 bits per heavy atom. The van der Waals surface area contributed by atoms with Crippen LogP contribution in [0, 0.1) is 6.92 Å². The summed E-state index contributed by atoms with van der Waals surface area (Å²) in [6.07, 6.45) is 3.45. The van der Waals surface area contributed by atoms with Gasteiger partial charge in [-0.2, -0.15) is 5.10 Å². The Bertz CT molecular complexity index is 1220. The molecule has 4 aromatic heterocycles. The molecule has 166 valence electrons. The van der Waals surface area contributed by atoms with Crippen LogP contribution in [0.5, 0.6) is 11.6 Å². The van der Waals surface area contributed by atoms with Crippen molar-refractivity contribution in [3.05, 3.63) is 53.6 Å². The van der Waals surface area contributed by atoms with E-state index in [1.807, 2.05) is 38.1 Å². The first-order valence-electron chi connectivity index (χ1n) is 10.7. The van der Waals surface area contributed by atoms with Crippen LogP contribution < -0.4 is 14.8 Å². The van der Waals surface area contributed by atoms with E-state index >= 15 is 0 Å². The third kappa shape index (κ3) is 4.08. The van der Waals surface area contributed by atoms with Gasteiger partial charge in [-0.25, -0.2) is 9.97 Å². The Hall–Kier alpha value is -3.68. The highest BCUT2D eigenvalue weighted by molar-refractivity contribution is 5.95. The molecule has 0 aromatic carbocycles. The summed E-state index contributed by atoms with van der Waals surface area (Å²) in [5.74, 6) is 1.49. The van der Waals surface area contributed by atoms with Crippen LogP contribution in [0.25, 0.3) is 22.3 Å². The minimum absolute atomic E-state index is 0.180. The maximum atomic E-state index is 5.82. The number of H-pyrrole nitrogens is 1. The lowest BCUT2D eigenvalue weighted by molar-refractivity contribution is 0.328. The first kappa shape index (κ1) is 21.5. The summed E-state index contributed by atoms with van der Waals surface area (Å²) in [6.45, 7) is 9.30. The molecule has 0 fully saturated rings. The highest BCUT2D eigenvalue weighted by Gasteiger charge is 2.24. The SMILES string of the molecule is CCOc1ncccc1-c1nc2c(C)[nH]nc2c(NCc2ccc(OC)cn2)c1C(C)C. The van der Waals surface area contributed by atoms with Crippen molar-refractivity contribution in [3.8, 4) is 22.9 Å². The third-order valence-electron chi connectivity index (χ3n) is 5.26. The topological polar surface area (TPSA) is 97.8 Å². The number of hydrogen-bond donors (Lipinski definition) is 2. The van der Waals surface area contributed by atoms with Gasteiger partial charge in [0.15, 0.2) is 0 Å². The van der Waals surface area contributed by atoms with Gasteiger partial charge in [0, 0.05) is 11.8 Å². The molecule has 0 aliphatic rings. The Kier molecular flexibility index (Phi) is 6.20. The number of ether oxygens (including phenoxy) is 2. The molecule has 4 rings (SSSR count). The second-order valence-electron chi connectivity index (χ2n) is 7.78. The van der Waals surface area contributed by atoms with E-state index in [0.717, 1.165) is 50.7 Å². The van der Waals surface area contributed by atoms with E-state index in [2.05, 4.69) is 39.3 Å². The first-order chi connectivity index (χ1) is 15.5. The molecular formula is C24H28N6O2. The van der Waals surface area contributed by atoms with Gasteiger partial charge in [-0.15, -0.1) is 0 Å². The molecule has 0 saturated heterocycles. The van der Waals surface area contributed by atoms with Crippen molar-refractivity contribution < 1.29 is 9.47 Å². The lowest BCUT2D eigenvalue weighted by Gasteiger charge is -2.20. The second-order valence-corrected chi connectivity index (χ2v) is 7.78. The normalized spacial score (nSPS) is 11.2. The van der Waals surface area contributed by atoms with Crippen molar-refractivity contribution in [2.75, 3.05) is 19.0 Å². The molecule has 4 aromatic rings. The molecule has 0 unspecified atom stereocenters. The van der Waals surface area contributed by atoms with E-state index in [1.54, 1.807) is 19.5 Å². The minimum Gasteiger partial charge on any atom is -0.495 e. The number of aryl methyl sites for hydroxylation is 1. The zero-order valence-electron chi connectivity index (χ0n) is 19.1. The molecule has 8 nitrogen and oxygen atoms in total. The Balaban J connectivity index is 1.86. The highest BCUT2D eigenvalue weighted by Crippen LogP contribution is 2.40. The van der Waals surface area contributed by atoms with Crippen LogP contribution in [0.3, 0.4) is 0 Å². The van der Waals surface area contributed by atoms with Gasteiger partial charge in [-0.05, 0) is 44.0 Å². The van der Waals surface area contributed by atoms with Crippen molar-refractivity contribution >= 4 is 16.7 Å². The van der Waals surface area contributed by atoms with Crippen LogP contribution in [0.1, 0.15) is 43.6 Å². The van der Waals surface area contributed by atoms with Gasteiger partial charge >= 0.3 is 0 Å². The number of anilines is 1. The summed E-state index contributed by atoms with van der Waals surface area (Å²) in [7, 11) is 1.63. The van der Waals surface area contributed by atoms with Gasteiger partial charge in [0.25, 0.3) is 0 Å². The second kappa shape index (κ2) is 9.21. The van der Waals surface area contributed by atoms with E-state index in [4.69, 9.17) is 14.5 Å². The number of fused-ring (bicyclic) bond motifs is 1. The molecule has 8 heteroatoms. The molecule has 2 N–H and O–H groups in total. The van der Waals surface area contributed by atoms with Crippen molar-refractivity contribution in [2.45, 2.75) is 40.2 Å². The van der Waals surface area contributed by atoms with Crippen LogP contribution >= 0.6 is 0 Å². The summed E-state index contributed by atoms with van der Waals surface area (Å²) in [5.41, 5.74) is 7.15. The fraction of sp³-hybridized carbons (Fsp3) is 0.333. The number of nitrogens with one attached hydrogen (secondary N) is 2. The van der Waals surface area contributed by atoms with Crippen molar-refractivity contribution in [1.82, 2.24) is 25.1 Å². The Morgan fingerprint density at radius 2 is 1.97 bits per heavy atom. The van der Waals surface area contributed by atoms with E-state index in [-0.39, 0.29) is 5.92 Å². The molecule has 0 spiro atoms. The molecule has 0 aliphatic heterocycles. The standard InChI is InChI=1S/C24H28N6O2/c1-6-32-24-18(8-7-11-25-24)21-19(14(2)3)22(23-20(28-21)15(4)29-30-23)27-12-16-9-10-17(31-5)13-26-16/h7-11,13-14H,6,12H2,1-5H3,(H,27,28)(H,29,30). The summed E-state index contributed by atoms with van der Waals surface area (Å²) in [6, 6.07) is 7.76. The van der Waals surface area contributed by atoms with E-state index in [1.165, 1.54) is 0 Å². The van der Waals surface area contributed by atoms with Crippen LogP contribution in [-0.4, -0.2) is 38.9 Å². The zero-order chi connectivity index (χ0) is 22.7. The molecule has 0 amide bonds. The summed E-state index contributed by atoms with van der Waals surface area (Å²) >= 11 is 0. The summed E-state index contributed by atoms with van der Waals surface area (Å²) < 4.78 is 11.0. The molecule has 0 aliphatic carbocycles. The predicted octanol–water partition coefficient (Wildman–Crippen LogP) is 4.87. The van der Waals surface area contributed by atoms with Gasteiger partial charge in [0.2, 0.25) is 5.88 Å². The average Bonchev–Trinajstić information content (AvgIpc) is 3.18. The van der Waals surface area contributed by atoms with E-state index in [0.29, 0.717) is 19.0 Å². The molecule has 0 bridgehead atoms. The number of methoxy groups -OCH3 is 1. The van der Waals surface area contributed by atoms with Crippen LogP contribution in [0.2, 0.25) is 0 Å². The number of aromatic nitrogens is 5. The van der Waals surface area contributed by atoms with E-state index < -0.39 is 0 Å². The van der Waals surface area contributed by atoms with Crippen LogP contribution in [0.15, 0.2) is 36.7 Å². The largest absolute Gasteiger partial charge is 0.495 e. The fourth-order valence-electron chi connectivity index (χ4n) is 3.74. The Labute approximate surface area is 187 Å². The van der Waals surface area contributed by atoms with E-state index in [9.17, 15) is 0 Å². The van der Waals surface area contributed by atoms with Gasteiger partial charge in [0.1, 0.15) is 16.8 Å². The molecular weight excluding hydrogens is 404 g/mol. The van der Waals surface area contributed by atoms with Gasteiger partial charge < -0.3 is 14.8 Å². The maximum absolute atomic E-state index is 5.82. The molecule has 0 radical (unpaired) electrons. The minimum atomic E-state index is 0.180. The fourth-order valence-corrected chi connectivity index (χ4v) is 3.74. The predicted molar refractivity (Wildman–Crippen MR) is 125 cm³/mol.